The first-order valence-electron chi connectivity index (χ1n) is 11.1. The van der Waals surface area contributed by atoms with E-state index >= 15 is 0 Å². The normalized spacial score (nSPS) is 19.6. The van der Waals surface area contributed by atoms with Gasteiger partial charge in [-0.3, -0.25) is 0 Å². The number of ether oxygens (including phenoxy) is 2. The molecule has 0 saturated heterocycles. The molecule has 1 aromatic rings. The molecule has 1 aliphatic rings. The molecule has 0 radical (unpaired) electrons. The van der Waals surface area contributed by atoms with Crippen LogP contribution in [0.3, 0.4) is 0 Å². The van der Waals surface area contributed by atoms with Crippen LogP contribution in [-0.4, -0.2) is 19.2 Å². The van der Waals surface area contributed by atoms with Gasteiger partial charge < -0.3 is 9.47 Å². The van der Waals surface area contributed by atoms with Crippen molar-refractivity contribution in [3.63, 3.8) is 0 Å². The van der Waals surface area contributed by atoms with Crippen LogP contribution in [0.15, 0.2) is 24.3 Å². The van der Waals surface area contributed by atoms with Gasteiger partial charge in [0.25, 0.3) is 0 Å². The lowest BCUT2D eigenvalue weighted by molar-refractivity contribution is 0.0498. The predicted octanol–water partition coefficient (Wildman–Crippen LogP) is 6.80. The minimum absolute atomic E-state index is 0.240. The SMILES string of the molecule is CCCCCOC(=O)c1ccc(OCCC[C@H]2CC[C@H](CCC)CC2)cc1. The second-order valence-corrected chi connectivity index (χ2v) is 8.03. The molecule has 1 fully saturated rings. The average molecular weight is 375 g/mol. The lowest BCUT2D eigenvalue weighted by Crippen LogP contribution is -2.15. The molecule has 1 aliphatic carbocycles. The predicted molar refractivity (Wildman–Crippen MR) is 111 cm³/mol. The van der Waals surface area contributed by atoms with E-state index in [1.165, 1.54) is 44.9 Å². The molecule has 3 heteroatoms. The number of unbranched alkanes of at least 4 members (excludes halogenated alkanes) is 2. The highest BCUT2D eigenvalue weighted by atomic mass is 16.5. The fourth-order valence-corrected chi connectivity index (χ4v) is 4.07. The first-order valence-corrected chi connectivity index (χ1v) is 11.1. The van der Waals surface area contributed by atoms with E-state index in [-0.39, 0.29) is 5.97 Å². The Balaban J connectivity index is 1.59. The Labute approximate surface area is 165 Å². The third-order valence-corrected chi connectivity index (χ3v) is 5.76. The van der Waals surface area contributed by atoms with Gasteiger partial charge in [-0.15, -0.1) is 0 Å². The van der Waals surface area contributed by atoms with Crippen molar-refractivity contribution in [2.75, 3.05) is 13.2 Å². The number of hydrogen-bond acceptors (Lipinski definition) is 3. The van der Waals surface area contributed by atoms with Crippen molar-refractivity contribution < 1.29 is 14.3 Å². The maximum Gasteiger partial charge on any atom is 0.338 e. The molecule has 2 rings (SSSR count). The van der Waals surface area contributed by atoms with Crippen molar-refractivity contribution in [3.8, 4) is 5.75 Å². The second-order valence-electron chi connectivity index (χ2n) is 8.03. The number of carbonyl (C=O) groups excluding carboxylic acids is 1. The lowest BCUT2D eigenvalue weighted by Gasteiger charge is -2.28. The van der Waals surface area contributed by atoms with Crippen LogP contribution in [0.4, 0.5) is 0 Å². The second kappa shape index (κ2) is 12.8. The Morgan fingerprint density at radius 2 is 1.52 bits per heavy atom. The highest BCUT2D eigenvalue weighted by Crippen LogP contribution is 2.33. The summed E-state index contributed by atoms with van der Waals surface area (Å²) in [7, 11) is 0. The minimum atomic E-state index is -0.240. The van der Waals surface area contributed by atoms with Gasteiger partial charge in [-0.25, -0.2) is 4.79 Å². The summed E-state index contributed by atoms with van der Waals surface area (Å²) < 4.78 is 11.1. The Morgan fingerprint density at radius 3 is 2.15 bits per heavy atom. The van der Waals surface area contributed by atoms with Gasteiger partial charge in [0.05, 0.1) is 18.8 Å². The van der Waals surface area contributed by atoms with E-state index in [9.17, 15) is 4.79 Å². The van der Waals surface area contributed by atoms with Crippen LogP contribution in [0.5, 0.6) is 5.75 Å². The first-order chi connectivity index (χ1) is 13.2. The van der Waals surface area contributed by atoms with Gasteiger partial charge in [-0.05, 0) is 55.4 Å². The van der Waals surface area contributed by atoms with E-state index in [0.29, 0.717) is 12.2 Å². The Morgan fingerprint density at radius 1 is 0.852 bits per heavy atom. The number of esters is 1. The van der Waals surface area contributed by atoms with Gasteiger partial charge in [-0.1, -0.05) is 65.2 Å². The highest BCUT2D eigenvalue weighted by molar-refractivity contribution is 5.89. The van der Waals surface area contributed by atoms with Crippen molar-refractivity contribution in [1.29, 1.82) is 0 Å². The van der Waals surface area contributed by atoms with Crippen LogP contribution in [0, 0.1) is 11.8 Å². The Bertz CT molecular complexity index is 515. The summed E-state index contributed by atoms with van der Waals surface area (Å²) in [6, 6.07) is 7.34. The van der Waals surface area contributed by atoms with Gasteiger partial charge in [0.15, 0.2) is 0 Å². The van der Waals surface area contributed by atoms with E-state index in [2.05, 4.69) is 13.8 Å². The van der Waals surface area contributed by atoms with Crippen LogP contribution in [-0.2, 0) is 4.74 Å². The standard InChI is InChI=1S/C24H38O3/c1-3-5-6-18-27-24(25)22-14-16-23(17-15-22)26-19-7-9-21-12-10-20(8-4-2)11-13-21/h14-17,20-21H,3-13,18-19H2,1-2H3/t20-,21-. The van der Waals surface area contributed by atoms with E-state index in [1.807, 2.05) is 12.1 Å². The largest absolute Gasteiger partial charge is 0.494 e. The molecule has 0 atom stereocenters. The maximum atomic E-state index is 12.0. The van der Waals surface area contributed by atoms with Crippen molar-refractivity contribution in [3.05, 3.63) is 29.8 Å². The molecule has 0 spiro atoms. The van der Waals surface area contributed by atoms with Gasteiger partial charge in [0.2, 0.25) is 0 Å². The zero-order valence-corrected chi connectivity index (χ0v) is 17.4. The average Bonchev–Trinajstić information content (AvgIpc) is 2.70. The number of benzene rings is 1. The van der Waals surface area contributed by atoms with E-state index < -0.39 is 0 Å². The van der Waals surface area contributed by atoms with E-state index in [4.69, 9.17) is 9.47 Å². The van der Waals surface area contributed by atoms with Gasteiger partial charge in [0, 0.05) is 0 Å². The summed E-state index contributed by atoms with van der Waals surface area (Å²) in [6.07, 6.45) is 14.0. The number of hydrogen-bond donors (Lipinski definition) is 0. The van der Waals surface area contributed by atoms with Crippen molar-refractivity contribution in [2.24, 2.45) is 11.8 Å². The molecule has 0 N–H and O–H groups in total. The molecule has 0 aliphatic heterocycles. The van der Waals surface area contributed by atoms with Crippen molar-refractivity contribution >= 4 is 5.97 Å². The Kier molecular flexibility index (Phi) is 10.3. The van der Waals surface area contributed by atoms with Crippen LogP contribution < -0.4 is 4.74 Å². The molecule has 0 amide bonds. The number of carbonyl (C=O) groups is 1. The molecular weight excluding hydrogens is 336 g/mol. The van der Waals surface area contributed by atoms with Crippen LogP contribution in [0.2, 0.25) is 0 Å². The monoisotopic (exact) mass is 374 g/mol. The summed E-state index contributed by atoms with van der Waals surface area (Å²) in [6.45, 7) is 5.70. The molecule has 27 heavy (non-hydrogen) atoms. The third-order valence-electron chi connectivity index (χ3n) is 5.76. The topological polar surface area (TPSA) is 35.5 Å². The molecule has 0 heterocycles. The van der Waals surface area contributed by atoms with Crippen LogP contribution in [0.1, 0.15) is 94.8 Å². The highest BCUT2D eigenvalue weighted by Gasteiger charge is 2.20. The third kappa shape index (κ3) is 8.36. The summed E-state index contributed by atoms with van der Waals surface area (Å²) in [5, 5.41) is 0. The van der Waals surface area contributed by atoms with Gasteiger partial charge >= 0.3 is 5.97 Å². The summed E-state index contributed by atoms with van der Waals surface area (Å²) in [4.78, 5) is 12.0. The molecule has 0 aromatic heterocycles. The van der Waals surface area contributed by atoms with Crippen molar-refractivity contribution in [1.82, 2.24) is 0 Å². The summed E-state index contributed by atoms with van der Waals surface area (Å²) in [5.41, 5.74) is 0.600. The van der Waals surface area contributed by atoms with Crippen molar-refractivity contribution in [2.45, 2.75) is 84.5 Å². The number of rotatable bonds is 12. The molecule has 1 saturated carbocycles. The van der Waals surface area contributed by atoms with Gasteiger partial charge in [-0.2, -0.15) is 0 Å². The van der Waals surface area contributed by atoms with E-state index in [0.717, 1.165) is 49.9 Å². The zero-order valence-electron chi connectivity index (χ0n) is 17.4. The lowest BCUT2D eigenvalue weighted by atomic mass is 9.78. The van der Waals surface area contributed by atoms with Crippen LogP contribution in [0.25, 0.3) is 0 Å². The smallest absolute Gasteiger partial charge is 0.338 e. The molecule has 1 aromatic carbocycles. The summed E-state index contributed by atoms with van der Waals surface area (Å²) >= 11 is 0. The first kappa shape index (κ1) is 21.8. The molecule has 152 valence electrons. The van der Waals surface area contributed by atoms with E-state index in [1.54, 1.807) is 12.1 Å². The zero-order chi connectivity index (χ0) is 19.3. The minimum Gasteiger partial charge on any atom is -0.494 e. The van der Waals surface area contributed by atoms with Gasteiger partial charge in [0.1, 0.15) is 5.75 Å². The fraction of sp³-hybridized carbons (Fsp3) is 0.708. The maximum absolute atomic E-state index is 12.0. The molecule has 0 unspecified atom stereocenters. The molecule has 3 nitrogen and oxygen atoms in total. The quantitative estimate of drug-likeness (QED) is 0.298. The molecular formula is C24H38O3. The Hall–Kier alpha value is -1.51. The molecule has 0 bridgehead atoms. The summed E-state index contributed by atoms with van der Waals surface area (Å²) in [5.74, 6) is 2.48. The van der Waals surface area contributed by atoms with Crippen LogP contribution >= 0.6 is 0 Å². The fourth-order valence-electron chi connectivity index (χ4n) is 4.07.